The topological polar surface area (TPSA) is 43.6 Å². The second-order valence-corrected chi connectivity index (χ2v) is 14.4. The van der Waals surface area contributed by atoms with Gasteiger partial charge in [0.25, 0.3) is 0 Å². The van der Waals surface area contributed by atoms with Gasteiger partial charge in [0.1, 0.15) is 0 Å². The average molecular weight is 709 g/mol. The largest absolute Gasteiger partial charge is 0.309 e. The van der Waals surface area contributed by atoms with E-state index in [2.05, 4.69) is 138 Å². The summed E-state index contributed by atoms with van der Waals surface area (Å²) in [6, 6.07) is 68.4. The first-order valence-corrected chi connectivity index (χ1v) is 18.8. The van der Waals surface area contributed by atoms with Crippen LogP contribution in [0.5, 0.6) is 0 Å². The Morgan fingerprint density at radius 2 is 0.796 bits per heavy atom. The Hall–Kier alpha value is -6.95. The summed E-state index contributed by atoms with van der Waals surface area (Å²) in [5.41, 5.74) is 11.3. The molecule has 0 aliphatic carbocycles. The predicted molar refractivity (Wildman–Crippen MR) is 225 cm³/mol. The van der Waals surface area contributed by atoms with Crippen molar-refractivity contribution in [2.45, 2.75) is 0 Å². The molecule has 0 fully saturated rings. The molecule has 0 N–H and O–H groups in total. The lowest BCUT2D eigenvalue weighted by Gasteiger charge is -2.14. The van der Waals surface area contributed by atoms with Gasteiger partial charge in [-0.2, -0.15) is 0 Å². The normalized spacial score (nSPS) is 11.3. The van der Waals surface area contributed by atoms with Crippen molar-refractivity contribution in [1.29, 1.82) is 0 Å². The van der Waals surface area contributed by atoms with E-state index >= 15 is 0 Å². The fraction of sp³-hybridized carbons (Fsp3) is 0. The Labute approximate surface area is 317 Å². The molecule has 3 heterocycles. The van der Waals surface area contributed by atoms with Gasteiger partial charge in [-0.25, -0.2) is 15.0 Å². The third kappa shape index (κ3) is 5.87. The van der Waals surface area contributed by atoms with E-state index in [1.807, 2.05) is 60.7 Å². The molecule has 54 heavy (non-hydrogen) atoms. The Kier molecular flexibility index (Phi) is 7.97. The van der Waals surface area contributed by atoms with E-state index in [4.69, 9.17) is 15.0 Å². The van der Waals surface area contributed by atoms with E-state index in [0.29, 0.717) is 17.5 Å². The number of fused-ring (bicyclic) bond motifs is 3. The third-order valence-corrected chi connectivity index (χ3v) is 11.0. The van der Waals surface area contributed by atoms with Crippen LogP contribution in [-0.4, -0.2) is 19.5 Å². The molecule has 10 aromatic rings. The van der Waals surface area contributed by atoms with Crippen molar-refractivity contribution >= 4 is 33.1 Å². The Morgan fingerprint density at radius 1 is 0.315 bits per heavy atom. The fourth-order valence-electron chi connectivity index (χ4n) is 7.27. The molecule has 254 valence electrons. The minimum Gasteiger partial charge on any atom is -0.309 e. The van der Waals surface area contributed by atoms with Crippen LogP contribution in [0.1, 0.15) is 0 Å². The number of para-hydroxylation sites is 1. The lowest BCUT2D eigenvalue weighted by molar-refractivity contribution is 1.08. The van der Waals surface area contributed by atoms with Crippen molar-refractivity contribution in [3.05, 3.63) is 194 Å². The maximum atomic E-state index is 4.99. The summed E-state index contributed by atoms with van der Waals surface area (Å²) < 4.78 is 2.42. The van der Waals surface area contributed by atoms with Crippen molar-refractivity contribution in [1.82, 2.24) is 19.5 Å². The van der Waals surface area contributed by atoms with Crippen molar-refractivity contribution < 1.29 is 0 Å². The lowest BCUT2D eigenvalue weighted by atomic mass is 9.98. The zero-order valence-electron chi connectivity index (χ0n) is 29.2. The number of hydrogen-bond acceptors (Lipinski definition) is 4. The van der Waals surface area contributed by atoms with Gasteiger partial charge in [0.15, 0.2) is 17.5 Å². The number of thiophene rings is 1. The van der Waals surface area contributed by atoms with Crippen molar-refractivity contribution in [3.63, 3.8) is 0 Å². The second kappa shape index (κ2) is 13.6. The minimum absolute atomic E-state index is 0.660. The fourth-order valence-corrected chi connectivity index (χ4v) is 8.21. The summed E-state index contributed by atoms with van der Waals surface area (Å²) in [5.74, 6) is 1.99. The van der Waals surface area contributed by atoms with Crippen LogP contribution >= 0.6 is 11.3 Å². The summed E-state index contributed by atoms with van der Waals surface area (Å²) in [6.45, 7) is 0. The molecule has 4 nitrogen and oxygen atoms in total. The molecule has 0 radical (unpaired) electrons. The SMILES string of the molecule is c1ccc(-c2cc(-c3ccccc3)cc(-n3c4ccccc4c4ccc(-c5ccc(-c6nc(-c7ccccc7)nc(-c7ccccc7)n6)s5)cc43)c2)cc1. The first kappa shape index (κ1) is 31.8. The van der Waals surface area contributed by atoms with Gasteiger partial charge in [-0.05, 0) is 70.3 Å². The number of rotatable bonds is 7. The van der Waals surface area contributed by atoms with E-state index in [0.717, 1.165) is 37.6 Å². The lowest BCUT2D eigenvalue weighted by Crippen LogP contribution is -1.99. The molecular formula is C49H32N4S. The molecule has 3 aromatic heterocycles. The molecule has 0 aliphatic heterocycles. The third-order valence-electron chi connectivity index (χ3n) is 9.87. The van der Waals surface area contributed by atoms with Crippen LogP contribution < -0.4 is 0 Å². The van der Waals surface area contributed by atoms with Crippen LogP contribution in [0, 0.1) is 0 Å². The first-order chi connectivity index (χ1) is 26.7. The molecule has 7 aromatic carbocycles. The van der Waals surface area contributed by atoms with Gasteiger partial charge < -0.3 is 4.57 Å². The molecule has 0 spiro atoms. The summed E-state index contributed by atoms with van der Waals surface area (Å²) in [4.78, 5) is 17.0. The molecule has 0 aliphatic rings. The van der Waals surface area contributed by atoms with Crippen LogP contribution in [0.2, 0.25) is 0 Å². The molecule has 0 unspecified atom stereocenters. The maximum absolute atomic E-state index is 4.99. The Morgan fingerprint density at radius 3 is 1.39 bits per heavy atom. The maximum Gasteiger partial charge on any atom is 0.174 e. The Bertz CT molecular complexity index is 2800. The number of hydrogen-bond donors (Lipinski definition) is 0. The summed E-state index contributed by atoms with van der Waals surface area (Å²) in [7, 11) is 0. The van der Waals surface area contributed by atoms with Crippen molar-refractivity contribution in [2.75, 3.05) is 0 Å². The molecule has 5 heteroatoms. The van der Waals surface area contributed by atoms with E-state index in [-0.39, 0.29) is 0 Å². The van der Waals surface area contributed by atoms with Gasteiger partial charge in [0, 0.05) is 32.5 Å². The zero-order valence-corrected chi connectivity index (χ0v) is 30.0. The van der Waals surface area contributed by atoms with Crippen LogP contribution in [0.15, 0.2) is 194 Å². The van der Waals surface area contributed by atoms with Crippen LogP contribution in [0.3, 0.4) is 0 Å². The smallest absolute Gasteiger partial charge is 0.174 e. The predicted octanol–water partition coefficient (Wildman–Crippen LogP) is 13.0. The number of benzene rings is 7. The zero-order chi connectivity index (χ0) is 35.8. The highest BCUT2D eigenvalue weighted by Gasteiger charge is 2.18. The Balaban J connectivity index is 1.12. The second-order valence-electron chi connectivity index (χ2n) is 13.3. The molecule has 0 atom stereocenters. The van der Waals surface area contributed by atoms with Crippen LogP contribution in [-0.2, 0) is 0 Å². The average Bonchev–Trinajstić information content (AvgIpc) is 3.88. The van der Waals surface area contributed by atoms with Gasteiger partial charge in [0.2, 0.25) is 0 Å². The van der Waals surface area contributed by atoms with E-state index in [9.17, 15) is 0 Å². The molecule has 0 amide bonds. The quantitative estimate of drug-likeness (QED) is 0.166. The van der Waals surface area contributed by atoms with Crippen molar-refractivity contribution in [3.8, 4) is 71.9 Å². The molecule has 10 rings (SSSR count). The molecule has 0 bridgehead atoms. The minimum atomic E-state index is 0.660. The molecule has 0 saturated carbocycles. The summed E-state index contributed by atoms with van der Waals surface area (Å²) >= 11 is 1.70. The van der Waals surface area contributed by atoms with Gasteiger partial charge >= 0.3 is 0 Å². The molecule has 0 saturated heterocycles. The van der Waals surface area contributed by atoms with Gasteiger partial charge in [-0.3, -0.25) is 0 Å². The molecular weight excluding hydrogens is 677 g/mol. The van der Waals surface area contributed by atoms with Gasteiger partial charge in [-0.15, -0.1) is 11.3 Å². The van der Waals surface area contributed by atoms with Crippen molar-refractivity contribution in [2.24, 2.45) is 0 Å². The number of aromatic nitrogens is 4. The summed E-state index contributed by atoms with van der Waals surface area (Å²) in [6.07, 6.45) is 0. The highest BCUT2D eigenvalue weighted by molar-refractivity contribution is 7.18. The van der Waals surface area contributed by atoms with E-state index in [1.54, 1.807) is 11.3 Å². The first-order valence-electron chi connectivity index (χ1n) is 18.0. The standard InChI is InChI=1S/C49H32N4S/c1-5-15-33(16-6-1)38-29-39(34-17-7-2-8-18-34)31-40(30-38)53-43-24-14-13-23-41(43)42-26-25-37(32-44(42)53)45-27-28-46(54-45)49-51-47(35-19-9-3-10-20-35)50-48(52-49)36-21-11-4-12-22-36/h1-32H. The highest BCUT2D eigenvalue weighted by Crippen LogP contribution is 2.40. The van der Waals surface area contributed by atoms with Crippen LogP contribution in [0.4, 0.5) is 0 Å². The van der Waals surface area contributed by atoms with E-state index < -0.39 is 0 Å². The van der Waals surface area contributed by atoms with E-state index in [1.165, 1.54) is 38.5 Å². The number of nitrogens with zero attached hydrogens (tertiary/aromatic N) is 4. The summed E-state index contributed by atoms with van der Waals surface area (Å²) in [5, 5.41) is 2.44. The highest BCUT2D eigenvalue weighted by atomic mass is 32.1. The van der Waals surface area contributed by atoms with Gasteiger partial charge in [-0.1, -0.05) is 152 Å². The van der Waals surface area contributed by atoms with Crippen LogP contribution in [0.25, 0.3) is 93.7 Å². The monoisotopic (exact) mass is 708 g/mol. The van der Waals surface area contributed by atoms with Gasteiger partial charge in [0.05, 0.1) is 15.9 Å².